The Morgan fingerprint density at radius 1 is 1.16 bits per heavy atom. The first-order chi connectivity index (χ1) is 8.95. The number of allylic oxidation sites excluding steroid dienone is 2. The van der Waals surface area contributed by atoms with Crippen molar-refractivity contribution in [3.8, 4) is 0 Å². The predicted octanol–water partition coefficient (Wildman–Crippen LogP) is 5.01. The zero-order valence-electron chi connectivity index (χ0n) is 10.2. The molecule has 0 heterocycles. The fraction of sp³-hybridized carbons (Fsp3) is 0.357. The first-order valence-corrected chi connectivity index (χ1v) is 6.98. The van der Waals surface area contributed by atoms with Gasteiger partial charge < -0.3 is 0 Å². The number of hydrogen-bond acceptors (Lipinski definition) is 1. The largest absolute Gasteiger partial charge is 0.416 e. The maximum absolute atomic E-state index is 12.3. The van der Waals surface area contributed by atoms with Crippen LogP contribution < -0.4 is 0 Å². The molecule has 104 valence electrons. The molecule has 1 rings (SSSR count). The van der Waals surface area contributed by atoms with Crippen molar-refractivity contribution in [1.82, 2.24) is 0 Å². The van der Waals surface area contributed by atoms with Crippen LogP contribution in [0.25, 0.3) is 0 Å². The van der Waals surface area contributed by atoms with Crippen LogP contribution in [0.15, 0.2) is 36.4 Å². The van der Waals surface area contributed by atoms with Crippen LogP contribution in [0.3, 0.4) is 0 Å². The second-order valence-electron chi connectivity index (χ2n) is 4.02. The smallest absolute Gasteiger partial charge is 0.294 e. The van der Waals surface area contributed by atoms with Gasteiger partial charge in [-0.3, -0.25) is 4.79 Å². The lowest BCUT2D eigenvalue weighted by Gasteiger charge is -2.07. The number of halogens is 4. The normalized spacial score (nSPS) is 12.0. The summed E-state index contributed by atoms with van der Waals surface area (Å²) >= 11 is 3.24. The number of benzene rings is 1. The Morgan fingerprint density at radius 2 is 1.79 bits per heavy atom. The highest BCUT2D eigenvalue weighted by atomic mass is 79.9. The fourth-order valence-corrected chi connectivity index (χ4v) is 1.82. The summed E-state index contributed by atoms with van der Waals surface area (Å²) in [6.07, 6.45) is 1.39. The van der Waals surface area contributed by atoms with Crippen molar-refractivity contribution in [2.45, 2.75) is 25.4 Å². The van der Waals surface area contributed by atoms with Crippen LogP contribution in [0.1, 0.15) is 35.2 Å². The molecule has 0 aliphatic rings. The number of Topliss-reactive ketones (excluding diaryl/α,β-unsaturated/α-hetero) is 1. The molecule has 0 radical (unpaired) electrons. The van der Waals surface area contributed by atoms with Crippen molar-refractivity contribution >= 4 is 21.7 Å². The van der Waals surface area contributed by atoms with Gasteiger partial charge in [-0.05, 0) is 25.0 Å². The van der Waals surface area contributed by atoms with E-state index in [2.05, 4.69) is 15.9 Å². The number of unbranched alkanes of at least 4 members (excludes halogenated alkanes) is 1. The van der Waals surface area contributed by atoms with E-state index in [1.165, 1.54) is 12.1 Å². The molecule has 0 saturated heterocycles. The summed E-state index contributed by atoms with van der Waals surface area (Å²) < 4.78 is 37.0. The van der Waals surface area contributed by atoms with Crippen molar-refractivity contribution in [2.75, 3.05) is 5.33 Å². The highest BCUT2D eigenvalue weighted by molar-refractivity contribution is 9.09. The van der Waals surface area contributed by atoms with E-state index >= 15 is 0 Å². The minimum absolute atomic E-state index is 0.124. The van der Waals surface area contributed by atoms with E-state index < -0.39 is 11.7 Å². The monoisotopic (exact) mass is 334 g/mol. The van der Waals surface area contributed by atoms with Crippen molar-refractivity contribution in [2.24, 2.45) is 0 Å². The Morgan fingerprint density at radius 3 is 2.32 bits per heavy atom. The molecule has 0 aromatic heterocycles. The number of hydrogen-bond donors (Lipinski definition) is 0. The number of ketones is 1. The first kappa shape index (κ1) is 16.0. The van der Waals surface area contributed by atoms with Gasteiger partial charge in [0, 0.05) is 17.3 Å². The van der Waals surface area contributed by atoms with Crippen LogP contribution in [0.4, 0.5) is 13.2 Å². The van der Waals surface area contributed by atoms with Gasteiger partial charge in [-0.1, -0.05) is 40.2 Å². The van der Waals surface area contributed by atoms with Gasteiger partial charge in [-0.25, -0.2) is 0 Å². The number of carbonyl (C=O) groups excluding carboxylic acids is 1. The van der Waals surface area contributed by atoms with Gasteiger partial charge in [-0.15, -0.1) is 0 Å². The van der Waals surface area contributed by atoms with Crippen LogP contribution in [-0.2, 0) is 6.18 Å². The fourth-order valence-electron chi connectivity index (χ4n) is 1.55. The third-order valence-corrected chi connectivity index (χ3v) is 2.94. The third-order valence-electron chi connectivity index (χ3n) is 2.56. The summed E-state index contributed by atoms with van der Waals surface area (Å²) in [7, 11) is 0. The van der Waals surface area contributed by atoms with Gasteiger partial charge in [-0.2, -0.15) is 13.2 Å². The van der Waals surface area contributed by atoms with Crippen molar-refractivity contribution in [3.63, 3.8) is 0 Å². The Kier molecular flexibility index (Phi) is 6.28. The van der Waals surface area contributed by atoms with E-state index in [0.717, 1.165) is 23.9 Å². The third kappa shape index (κ3) is 5.59. The minimum atomic E-state index is -4.36. The van der Waals surface area contributed by atoms with Crippen LogP contribution in [0.2, 0.25) is 0 Å². The summed E-state index contributed by atoms with van der Waals surface area (Å²) in [6, 6.07) is 4.36. The molecule has 19 heavy (non-hydrogen) atoms. The SMILES string of the molecule is O=C(CCC/C=C\CBr)c1ccc(C(F)(F)F)cc1. The molecule has 5 heteroatoms. The topological polar surface area (TPSA) is 17.1 Å². The molecule has 0 atom stereocenters. The van der Waals surface area contributed by atoms with Crippen LogP contribution in [0.5, 0.6) is 0 Å². The maximum Gasteiger partial charge on any atom is 0.416 e. The number of alkyl halides is 4. The van der Waals surface area contributed by atoms with Crippen molar-refractivity contribution < 1.29 is 18.0 Å². The van der Waals surface area contributed by atoms with E-state index in [-0.39, 0.29) is 5.78 Å². The molecule has 0 spiro atoms. The van der Waals surface area contributed by atoms with E-state index in [1.807, 2.05) is 12.2 Å². The Balaban J connectivity index is 2.52. The average molecular weight is 335 g/mol. The van der Waals surface area contributed by atoms with E-state index in [4.69, 9.17) is 0 Å². The Labute approximate surface area is 118 Å². The van der Waals surface area contributed by atoms with Crippen LogP contribution in [0, 0.1) is 0 Å². The summed E-state index contributed by atoms with van der Waals surface area (Å²) in [6.45, 7) is 0. The molecular formula is C14H14BrF3O. The van der Waals surface area contributed by atoms with Crippen LogP contribution in [-0.4, -0.2) is 11.1 Å². The lowest BCUT2D eigenvalue weighted by molar-refractivity contribution is -0.137. The molecular weight excluding hydrogens is 321 g/mol. The van der Waals surface area contributed by atoms with Gasteiger partial charge in [0.2, 0.25) is 0 Å². The van der Waals surface area contributed by atoms with Crippen LogP contribution >= 0.6 is 15.9 Å². The zero-order chi connectivity index (χ0) is 14.3. The Hall–Kier alpha value is -1.10. The maximum atomic E-state index is 12.3. The number of rotatable bonds is 6. The summed E-state index contributed by atoms with van der Waals surface area (Å²) in [4.78, 5) is 11.7. The molecule has 0 amide bonds. The molecule has 0 aliphatic carbocycles. The molecule has 0 unspecified atom stereocenters. The molecule has 0 aliphatic heterocycles. The summed E-state index contributed by atoms with van der Waals surface area (Å²) in [5, 5.41) is 0.778. The lowest BCUT2D eigenvalue weighted by atomic mass is 10.0. The molecule has 1 aromatic rings. The summed E-state index contributed by atoms with van der Waals surface area (Å²) in [5.74, 6) is -0.124. The van der Waals surface area contributed by atoms with Gasteiger partial charge in [0.1, 0.15) is 0 Å². The van der Waals surface area contributed by atoms with E-state index in [1.54, 1.807) is 0 Å². The van der Waals surface area contributed by atoms with Crippen molar-refractivity contribution in [3.05, 3.63) is 47.5 Å². The second-order valence-corrected chi connectivity index (χ2v) is 4.66. The standard InChI is InChI=1S/C14H14BrF3O/c15-10-4-2-1-3-5-13(19)11-6-8-12(9-7-11)14(16,17)18/h2,4,6-9H,1,3,5,10H2/b4-2-. The minimum Gasteiger partial charge on any atom is -0.294 e. The Bertz CT molecular complexity index is 435. The molecule has 0 saturated carbocycles. The van der Waals surface area contributed by atoms with Crippen molar-refractivity contribution in [1.29, 1.82) is 0 Å². The number of carbonyl (C=O) groups is 1. The van der Waals surface area contributed by atoms with Gasteiger partial charge in [0.15, 0.2) is 5.78 Å². The quantitative estimate of drug-likeness (QED) is 0.309. The zero-order valence-corrected chi connectivity index (χ0v) is 11.8. The van der Waals surface area contributed by atoms with Gasteiger partial charge in [0.25, 0.3) is 0 Å². The van der Waals surface area contributed by atoms with E-state index in [9.17, 15) is 18.0 Å². The molecule has 1 nitrogen and oxygen atoms in total. The predicted molar refractivity (Wildman–Crippen MR) is 72.6 cm³/mol. The van der Waals surface area contributed by atoms with E-state index in [0.29, 0.717) is 18.4 Å². The molecule has 1 aromatic carbocycles. The highest BCUT2D eigenvalue weighted by Crippen LogP contribution is 2.29. The highest BCUT2D eigenvalue weighted by Gasteiger charge is 2.30. The van der Waals surface area contributed by atoms with Gasteiger partial charge in [0.05, 0.1) is 5.56 Å². The molecule has 0 fully saturated rings. The average Bonchev–Trinajstić information content (AvgIpc) is 2.37. The first-order valence-electron chi connectivity index (χ1n) is 5.86. The second kappa shape index (κ2) is 7.48. The van der Waals surface area contributed by atoms with Gasteiger partial charge >= 0.3 is 6.18 Å². The molecule has 0 bridgehead atoms. The lowest BCUT2D eigenvalue weighted by Crippen LogP contribution is -2.06. The summed E-state index contributed by atoms with van der Waals surface area (Å²) in [5.41, 5.74) is -0.401. The molecule has 0 N–H and O–H groups in total.